The number of para-hydroxylation sites is 1. The van der Waals surface area contributed by atoms with Gasteiger partial charge >= 0.3 is 0 Å². The third-order valence-electron chi connectivity index (χ3n) is 5.30. The molecule has 124 valence electrons. The largest absolute Gasteiger partial charge is 0.358 e. The SMILES string of the molecule is Cn1ccc2cc(C(=O)N3CCc4[nH]c5ccccc5c4C3)ccc21. The second-order valence-electron chi connectivity index (χ2n) is 6.80. The molecule has 4 nitrogen and oxygen atoms in total. The van der Waals surface area contributed by atoms with Crippen molar-refractivity contribution in [1.29, 1.82) is 0 Å². The highest BCUT2D eigenvalue weighted by Gasteiger charge is 2.24. The van der Waals surface area contributed by atoms with Crippen molar-refractivity contribution < 1.29 is 4.79 Å². The number of carbonyl (C=O) groups excluding carboxylic acids is 1. The van der Waals surface area contributed by atoms with Gasteiger partial charge in [-0.2, -0.15) is 0 Å². The van der Waals surface area contributed by atoms with Crippen molar-refractivity contribution in [2.75, 3.05) is 6.54 Å². The number of rotatable bonds is 1. The Kier molecular flexibility index (Phi) is 3.01. The number of nitrogens with one attached hydrogen (secondary N) is 1. The maximum Gasteiger partial charge on any atom is 0.254 e. The normalized spacial score (nSPS) is 14.2. The maximum atomic E-state index is 13.0. The molecule has 1 amide bonds. The van der Waals surface area contributed by atoms with Crippen LogP contribution in [-0.4, -0.2) is 26.9 Å². The van der Waals surface area contributed by atoms with E-state index in [0.29, 0.717) is 6.54 Å². The smallest absolute Gasteiger partial charge is 0.254 e. The fourth-order valence-electron chi connectivity index (χ4n) is 3.94. The Bertz CT molecular complexity index is 1120. The van der Waals surface area contributed by atoms with Gasteiger partial charge < -0.3 is 14.5 Å². The lowest BCUT2D eigenvalue weighted by atomic mass is 10.0. The zero-order valence-electron chi connectivity index (χ0n) is 14.1. The highest BCUT2D eigenvalue weighted by atomic mass is 16.2. The molecule has 0 aliphatic carbocycles. The van der Waals surface area contributed by atoms with Crippen LogP contribution in [-0.2, 0) is 20.0 Å². The van der Waals surface area contributed by atoms with E-state index in [0.717, 1.165) is 34.9 Å². The average Bonchev–Trinajstić information content (AvgIpc) is 3.21. The first-order valence-corrected chi connectivity index (χ1v) is 8.63. The molecule has 1 aliphatic heterocycles. The molecule has 0 spiro atoms. The zero-order valence-corrected chi connectivity index (χ0v) is 14.1. The first-order valence-electron chi connectivity index (χ1n) is 8.63. The van der Waals surface area contributed by atoms with E-state index in [1.165, 1.54) is 16.6 Å². The first kappa shape index (κ1) is 14.3. The molecule has 0 bridgehead atoms. The summed E-state index contributed by atoms with van der Waals surface area (Å²) in [4.78, 5) is 18.5. The summed E-state index contributed by atoms with van der Waals surface area (Å²) >= 11 is 0. The molecule has 0 atom stereocenters. The number of amides is 1. The average molecular weight is 329 g/mol. The molecule has 0 fully saturated rings. The van der Waals surface area contributed by atoms with E-state index in [-0.39, 0.29) is 5.91 Å². The predicted octanol–water partition coefficient (Wildman–Crippen LogP) is 3.86. The molecule has 0 radical (unpaired) electrons. The lowest BCUT2D eigenvalue weighted by molar-refractivity contribution is 0.0735. The summed E-state index contributed by atoms with van der Waals surface area (Å²) in [7, 11) is 2.02. The molecule has 2 aromatic carbocycles. The van der Waals surface area contributed by atoms with E-state index in [1.54, 1.807) is 0 Å². The number of carbonyl (C=O) groups is 1. The van der Waals surface area contributed by atoms with Crippen LogP contribution in [0.2, 0.25) is 0 Å². The van der Waals surface area contributed by atoms with Gasteiger partial charge in [-0.05, 0) is 30.3 Å². The molecular formula is C21H19N3O. The van der Waals surface area contributed by atoms with Gasteiger partial charge in [0.2, 0.25) is 0 Å². The van der Waals surface area contributed by atoms with Crippen LogP contribution < -0.4 is 0 Å². The van der Waals surface area contributed by atoms with Crippen molar-refractivity contribution in [3.05, 3.63) is 71.5 Å². The minimum Gasteiger partial charge on any atom is -0.358 e. The van der Waals surface area contributed by atoms with Gasteiger partial charge in [0.15, 0.2) is 0 Å². The van der Waals surface area contributed by atoms with Crippen LogP contribution >= 0.6 is 0 Å². The number of hydrogen-bond donors (Lipinski definition) is 1. The molecule has 4 aromatic rings. The molecule has 3 heterocycles. The summed E-state index contributed by atoms with van der Waals surface area (Å²) < 4.78 is 2.07. The fourth-order valence-corrected chi connectivity index (χ4v) is 3.94. The van der Waals surface area contributed by atoms with E-state index in [2.05, 4.69) is 33.8 Å². The van der Waals surface area contributed by atoms with Crippen LogP contribution in [0.15, 0.2) is 54.7 Å². The molecule has 0 saturated carbocycles. The number of benzene rings is 2. The van der Waals surface area contributed by atoms with Gasteiger partial charge in [0.1, 0.15) is 0 Å². The third-order valence-corrected chi connectivity index (χ3v) is 5.30. The molecule has 0 saturated heterocycles. The van der Waals surface area contributed by atoms with Crippen molar-refractivity contribution in [2.45, 2.75) is 13.0 Å². The second-order valence-corrected chi connectivity index (χ2v) is 6.80. The van der Waals surface area contributed by atoms with Crippen LogP contribution in [0.25, 0.3) is 21.8 Å². The Morgan fingerprint density at radius 3 is 2.92 bits per heavy atom. The van der Waals surface area contributed by atoms with Crippen molar-refractivity contribution >= 4 is 27.7 Å². The number of aromatic amines is 1. The standard InChI is InChI=1S/C21H19N3O/c1-23-10-8-14-12-15(6-7-20(14)23)21(25)24-11-9-19-17(13-24)16-4-2-3-5-18(16)22-19/h2-8,10,12,22H,9,11,13H2,1H3. The van der Waals surface area contributed by atoms with Crippen LogP contribution in [0.3, 0.4) is 0 Å². The van der Waals surface area contributed by atoms with Crippen LogP contribution in [0, 0.1) is 0 Å². The van der Waals surface area contributed by atoms with Gasteiger partial charge in [0.05, 0.1) is 0 Å². The summed E-state index contributed by atoms with van der Waals surface area (Å²) in [6.45, 7) is 1.43. The van der Waals surface area contributed by atoms with Gasteiger partial charge in [-0.25, -0.2) is 0 Å². The molecule has 1 N–H and O–H groups in total. The molecule has 0 unspecified atom stereocenters. The third kappa shape index (κ3) is 2.18. The summed E-state index contributed by atoms with van der Waals surface area (Å²) in [6, 6.07) is 16.4. The number of nitrogens with zero attached hydrogens (tertiary/aromatic N) is 2. The Morgan fingerprint density at radius 1 is 1.12 bits per heavy atom. The van der Waals surface area contributed by atoms with Gasteiger partial charge in [0.25, 0.3) is 5.91 Å². The number of H-pyrrole nitrogens is 1. The van der Waals surface area contributed by atoms with Gasteiger partial charge in [-0.1, -0.05) is 18.2 Å². The predicted molar refractivity (Wildman–Crippen MR) is 99.7 cm³/mol. The van der Waals surface area contributed by atoms with Crippen molar-refractivity contribution in [3.8, 4) is 0 Å². The number of aromatic nitrogens is 2. The number of aryl methyl sites for hydroxylation is 1. The molecule has 25 heavy (non-hydrogen) atoms. The van der Waals surface area contributed by atoms with E-state index in [9.17, 15) is 4.79 Å². The molecule has 5 rings (SSSR count). The van der Waals surface area contributed by atoms with E-state index >= 15 is 0 Å². The van der Waals surface area contributed by atoms with Gasteiger partial charge in [0, 0.05) is 71.4 Å². The Hall–Kier alpha value is -3.01. The topological polar surface area (TPSA) is 41.0 Å². The highest BCUT2D eigenvalue weighted by Crippen LogP contribution is 2.28. The zero-order chi connectivity index (χ0) is 17.0. The van der Waals surface area contributed by atoms with Crippen LogP contribution in [0.5, 0.6) is 0 Å². The van der Waals surface area contributed by atoms with Crippen LogP contribution in [0.1, 0.15) is 21.6 Å². The monoisotopic (exact) mass is 329 g/mol. The molecule has 1 aliphatic rings. The number of hydrogen-bond acceptors (Lipinski definition) is 1. The quantitative estimate of drug-likeness (QED) is 0.566. The minimum absolute atomic E-state index is 0.113. The number of fused-ring (bicyclic) bond motifs is 4. The van der Waals surface area contributed by atoms with E-state index in [1.807, 2.05) is 42.4 Å². The second kappa shape index (κ2) is 5.24. The van der Waals surface area contributed by atoms with E-state index in [4.69, 9.17) is 0 Å². The minimum atomic E-state index is 0.113. The Morgan fingerprint density at radius 2 is 2.00 bits per heavy atom. The van der Waals surface area contributed by atoms with Crippen molar-refractivity contribution in [3.63, 3.8) is 0 Å². The van der Waals surface area contributed by atoms with E-state index < -0.39 is 0 Å². The summed E-state index contributed by atoms with van der Waals surface area (Å²) in [5.74, 6) is 0.113. The Balaban J connectivity index is 1.49. The van der Waals surface area contributed by atoms with Crippen molar-refractivity contribution in [1.82, 2.24) is 14.5 Å². The summed E-state index contributed by atoms with van der Waals surface area (Å²) in [5.41, 5.74) is 5.60. The highest BCUT2D eigenvalue weighted by molar-refractivity contribution is 5.98. The summed E-state index contributed by atoms with van der Waals surface area (Å²) in [5, 5.41) is 2.34. The lowest BCUT2D eigenvalue weighted by Gasteiger charge is -2.27. The molecular weight excluding hydrogens is 310 g/mol. The van der Waals surface area contributed by atoms with Gasteiger partial charge in [-0.15, -0.1) is 0 Å². The first-order chi connectivity index (χ1) is 12.2. The lowest BCUT2D eigenvalue weighted by Crippen LogP contribution is -2.35. The summed E-state index contributed by atoms with van der Waals surface area (Å²) in [6.07, 6.45) is 2.90. The maximum absolute atomic E-state index is 13.0. The van der Waals surface area contributed by atoms with Gasteiger partial charge in [-0.3, -0.25) is 4.79 Å². The fraction of sp³-hybridized carbons (Fsp3) is 0.190. The van der Waals surface area contributed by atoms with Crippen LogP contribution in [0.4, 0.5) is 0 Å². The molecule has 2 aromatic heterocycles. The molecule has 4 heteroatoms. The Labute approximate surface area is 145 Å². The van der Waals surface area contributed by atoms with Crippen molar-refractivity contribution in [2.24, 2.45) is 7.05 Å².